The minimum Gasteiger partial charge on any atom is -0.508 e. The Kier molecular flexibility index (Phi) is 8.19. The normalized spacial score (nSPS) is 12.3. The fourth-order valence-corrected chi connectivity index (χ4v) is 2.24. The van der Waals surface area contributed by atoms with E-state index in [-0.39, 0.29) is 11.5 Å². The van der Waals surface area contributed by atoms with Crippen LogP contribution in [0.1, 0.15) is 52.0 Å². The quantitative estimate of drug-likeness (QED) is 0.523. The fraction of sp³-hybridized carbons (Fsp3) is 0.500. The first-order chi connectivity index (χ1) is 11.7. The standard InChI is InChI=1S/C20H28O5/c1-5-17(24-19(23)25-20(2,3)4)11-8-10-16(21)14-13-15-9-6-7-12-18(15)22/h5-7,9,12,17,22H,1,8,10-11,13-14H2,2-4H3. The SMILES string of the molecule is C=CC(CCCC(=O)CCc1ccccc1O)OC(=O)OC(C)(C)C. The Morgan fingerprint density at radius 1 is 1.24 bits per heavy atom. The van der Waals surface area contributed by atoms with Crippen LogP contribution < -0.4 is 0 Å². The van der Waals surface area contributed by atoms with Crippen LogP contribution in [0.5, 0.6) is 5.75 Å². The van der Waals surface area contributed by atoms with E-state index >= 15 is 0 Å². The van der Waals surface area contributed by atoms with Crippen LogP contribution in [0.15, 0.2) is 36.9 Å². The number of carbonyl (C=O) groups is 2. The summed E-state index contributed by atoms with van der Waals surface area (Å²) in [6.07, 6.45) is 2.74. The van der Waals surface area contributed by atoms with Crippen molar-refractivity contribution in [2.24, 2.45) is 0 Å². The molecule has 0 aliphatic carbocycles. The molecule has 1 rings (SSSR count). The number of ether oxygens (including phenoxy) is 2. The Bertz CT molecular complexity index is 586. The van der Waals surface area contributed by atoms with Crippen molar-refractivity contribution in [1.82, 2.24) is 0 Å². The van der Waals surface area contributed by atoms with Crippen LogP contribution in [0, 0.1) is 0 Å². The molecule has 5 heteroatoms. The Morgan fingerprint density at radius 2 is 1.92 bits per heavy atom. The molecule has 0 radical (unpaired) electrons. The number of para-hydroxylation sites is 1. The molecule has 1 unspecified atom stereocenters. The monoisotopic (exact) mass is 348 g/mol. The molecule has 1 aromatic carbocycles. The summed E-state index contributed by atoms with van der Waals surface area (Å²) >= 11 is 0. The molecule has 1 atom stereocenters. The minimum absolute atomic E-state index is 0.114. The van der Waals surface area contributed by atoms with Gasteiger partial charge in [0.1, 0.15) is 23.2 Å². The van der Waals surface area contributed by atoms with Gasteiger partial charge >= 0.3 is 6.16 Å². The first-order valence-electron chi connectivity index (χ1n) is 8.52. The average molecular weight is 348 g/mol. The van der Waals surface area contributed by atoms with Gasteiger partial charge in [0, 0.05) is 12.8 Å². The summed E-state index contributed by atoms with van der Waals surface area (Å²) in [5.41, 5.74) is 0.162. The molecular weight excluding hydrogens is 320 g/mol. The lowest BCUT2D eigenvalue weighted by Crippen LogP contribution is -2.27. The highest BCUT2D eigenvalue weighted by Gasteiger charge is 2.20. The third-order valence-electron chi connectivity index (χ3n) is 3.51. The van der Waals surface area contributed by atoms with Crippen molar-refractivity contribution < 1.29 is 24.2 Å². The van der Waals surface area contributed by atoms with Crippen molar-refractivity contribution >= 4 is 11.9 Å². The zero-order valence-electron chi connectivity index (χ0n) is 15.3. The number of aryl methyl sites for hydroxylation is 1. The maximum atomic E-state index is 12.0. The van der Waals surface area contributed by atoms with E-state index in [0.29, 0.717) is 32.1 Å². The summed E-state index contributed by atoms with van der Waals surface area (Å²) in [6, 6.07) is 7.01. The van der Waals surface area contributed by atoms with Crippen molar-refractivity contribution in [1.29, 1.82) is 0 Å². The molecule has 0 aliphatic heterocycles. The zero-order chi connectivity index (χ0) is 18.9. The third-order valence-corrected chi connectivity index (χ3v) is 3.51. The van der Waals surface area contributed by atoms with Crippen molar-refractivity contribution in [3.63, 3.8) is 0 Å². The number of phenolic OH excluding ortho intramolecular Hbond substituents is 1. The molecule has 1 aromatic rings. The second kappa shape index (κ2) is 9.87. The first-order valence-corrected chi connectivity index (χ1v) is 8.52. The number of hydrogen-bond acceptors (Lipinski definition) is 5. The lowest BCUT2D eigenvalue weighted by Gasteiger charge is -2.21. The van der Waals surface area contributed by atoms with Gasteiger partial charge in [0.25, 0.3) is 0 Å². The Hall–Kier alpha value is -2.30. The van der Waals surface area contributed by atoms with Gasteiger partial charge in [-0.2, -0.15) is 0 Å². The lowest BCUT2D eigenvalue weighted by molar-refractivity contribution is -0.119. The van der Waals surface area contributed by atoms with E-state index in [1.54, 1.807) is 32.9 Å². The number of rotatable bonds is 9. The van der Waals surface area contributed by atoms with Crippen molar-refractivity contribution in [2.45, 2.75) is 64.6 Å². The summed E-state index contributed by atoms with van der Waals surface area (Å²) in [5.74, 6) is 0.330. The van der Waals surface area contributed by atoms with Crippen molar-refractivity contribution in [2.75, 3.05) is 0 Å². The van der Waals surface area contributed by atoms with Crippen LogP contribution in [-0.4, -0.2) is 28.8 Å². The summed E-state index contributed by atoms with van der Waals surface area (Å²) in [7, 11) is 0. The molecule has 138 valence electrons. The van der Waals surface area contributed by atoms with Gasteiger partial charge in [-0.15, -0.1) is 0 Å². The first kappa shape index (κ1) is 20.7. The average Bonchev–Trinajstić information content (AvgIpc) is 2.51. The number of phenols is 1. The molecule has 1 N–H and O–H groups in total. The zero-order valence-corrected chi connectivity index (χ0v) is 15.3. The van der Waals surface area contributed by atoms with E-state index in [1.165, 1.54) is 6.08 Å². The highest BCUT2D eigenvalue weighted by molar-refractivity contribution is 5.78. The minimum atomic E-state index is -0.733. The van der Waals surface area contributed by atoms with Crippen LogP contribution in [0.25, 0.3) is 0 Å². The van der Waals surface area contributed by atoms with Gasteiger partial charge in [0.2, 0.25) is 0 Å². The van der Waals surface area contributed by atoms with Gasteiger partial charge in [-0.1, -0.05) is 30.9 Å². The van der Waals surface area contributed by atoms with Crippen LogP contribution in [0.4, 0.5) is 4.79 Å². The molecule has 0 spiro atoms. The molecule has 0 fully saturated rings. The van der Waals surface area contributed by atoms with Crippen LogP contribution in [-0.2, 0) is 20.7 Å². The van der Waals surface area contributed by atoms with Gasteiger partial charge in [0.05, 0.1) is 0 Å². The molecule has 25 heavy (non-hydrogen) atoms. The highest BCUT2D eigenvalue weighted by Crippen LogP contribution is 2.18. The lowest BCUT2D eigenvalue weighted by atomic mass is 10.0. The molecule has 0 amide bonds. The molecule has 0 saturated carbocycles. The Labute approximate surface area is 149 Å². The van der Waals surface area contributed by atoms with Crippen LogP contribution >= 0.6 is 0 Å². The fourth-order valence-electron chi connectivity index (χ4n) is 2.24. The maximum absolute atomic E-state index is 12.0. The molecule has 0 aliphatic rings. The number of carbonyl (C=O) groups excluding carboxylic acids is 2. The van der Waals surface area contributed by atoms with Gasteiger partial charge in [0.15, 0.2) is 0 Å². The predicted octanol–water partition coefficient (Wildman–Crippen LogP) is 4.57. The predicted molar refractivity (Wildman–Crippen MR) is 96.6 cm³/mol. The van der Waals surface area contributed by atoms with E-state index in [2.05, 4.69) is 6.58 Å². The number of ketones is 1. The largest absolute Gasteiger partial charge is 0.509 e. The second-order valence-corrected chi connectivity index (χ2v) is 6.92. The summed E-state index contributed by atoms with van der Waals surface area (Å²) in [6.45, 7) is 8.94. The summed E-state index contributed by atoms with van der Waals surface area (Å²) in [4.78, 5) is 23.6. The van der Waals surface area contributed by atoms with E-state index < -0.39 is 17.9 Å². The van der Waals surface area contributed by atoms with Crippen molar-refractivity contribution in [3.8, 4) is 5.75 Å². The molecule has 5 nitrogen and oxygen atoms in total. The number of benzene rings is 1. The Balaban J connectivity index is 2.29. The van der Waals surface area contributed by atoms with Gasteiger partial charge in [-0.05, 0) is 51.7 Å². The summed E-state index contributed by atoms with van der Waals surface area (Å²) in [5, 5.41) is 9.69. The van der Waals surface area contributed by atoms with E-state index in [9.17, 15) is 14.7 Å². The molecule has 0 aromatic heterocycles. The number of hydrogen-bond donors (Lipinski definition) is 1. The van der Waals surface area contributed by atoms with Gasteiger partial charge in [-0.3, -0.25) is 4.79 Å². The van der Waals surface area contributed by atoms with Crippen LogP contribution in [0.2, 0.25) is 0 Å². The second-order valence-electron chi connectivity index (χ2n) is 6.92. The smallest absolute Gasteiger partial charge is 0.508 e. The topological polar surface area (TPSA) is 72.8 Å². The molecule has 0 bridgehead atoms. The highest BCUT2D eigenvalue weighted by atomic mass is 16.7. The molecule has 0 saturated heterocycles. The van der Waals surface area contributed by atoms with Gasteiger partial charge < -0.3 is 14.6 Å². The van der Waals surface area contributed by atoms with E-state index in [0.717, 1.165) is 5.56 Å². The molecular formula is C20H28O5. The Morgan fingerprint density at radius 3 is 2.52 bits per heavy atom. The number of Topliss-reactive ketones (excluding diaryl/α,β-unsaturated/α-hetero) is 1. The number of aromatic hydroxyl groups is 1. The maximum Gasteiger partial charge on any atom is 0.509 e. The van der Waals surface area contributed by atoms with Crippen LogP contribution in [0.3, 0.4) is 0 Å². The summed E-state index contributed by atoms with van der Waals surface area (Å²) < 4.78 is 10.3. The molecule has 0 heterocycles. The van der Waals surface area contributed by atoms with Crippen molar-refractivity contribution in [3.05, 3.63) is 42.5 Å². The van der Waals surface area contributed by atoms with E-state index in [4.69, 9.17) is 9.47 Å². The van der Waals surface area contributed by atoms with E-state index in [1.807, 2.05) is 12.1 Å². The van der Waals surface area contributed by atoms with Gasteiger partial charge in [-0.25, -0.2) is 4.79 Å². The third kappa shape index (κ3) is 8.94.